The zero-order valence-electron chi connectivity index (χ0n) is 37.6. The molecule has 63 heavy (non-hydrogen) atoms. The molecule has 7 unspecified atom stereocenters. The first kappa shape index (κ1) is 42.8. The van der Waals surface area contributed by atoms with Crippen LogP contribution in [0, 0.1) is 23.2 Å². The summed E-state index contributed by atoms with van der Waals surface area (Å²) in [5.41, 5.74) is 4.93. The largest absolute Gasteiger partial charge is 0.453 e. The number of hydrogen-bond donors (Lipinski definition) is 3. The van der Waals surface area contributed by atoms with E-state index in [0.29, 0.717) is 40.7 Å². The maximum Gasteiger partial charge on any atom is 0.411 e. The summed E-state index contributed by atoms with van der Waals surface area (Å²) in [6, 6.07) is 9.43. The number of allylic oxidation sites excluding steroid dienone is 3. The van der Waals surface area contributed by atoms with Crippen LogP contribution in [-0.4, -0.2) is 75.2 Å². The number of carbonyl (C=O) groups is 3. The minimum atomic E-state index is -3.25. The monoisotopic (exact) mass is 862 g/mol. The van der Waals surface area contributed by atoms with Gasteiger partial charge in [-0.3, -0.25) is 9.69 Å². The number of imidazole rings is 1. The molecular formula is C50H60F2N6O5. The van der Waals surface area contributed by atoms with Gasteiger partial charge >= 0.3 is 12.2 Å². The van der Waals surface area contributed by atoms with Gasteiger partial charge in [-0.25, -0.2) is 14.6 Å². The van der Waals surface area contributed by atoms with Crippen LogP contribution < -0.4 is 10.6 Å². The number of rotatable bonds is 9. The second kappa shape index (κ2) is 15.4. The summed E-state index contributed by atoms with van der Waals surface area (Å²) in [5.74, 6) is -2.86. The van der Waals surface area contributed by atoms with Crippen LogP contribution >= 0.6 is 0 Å². The molecule has 3 heterocycles. The Morgan fingerprint density at radius 3 is 2.43 bits per heavy atom. The molecule has 4 aliphatic carbocycles. The molecule has 4 fully saturated rings. The summed E-state index contributed by atoms with van der Waals surface area (Å²) in [6.45, 7) is 18.6. The minimum Gasteiger partial charge on any atom is -0.453 e. The Balaban J connectivity index is 0.944. The van der Waals surface area contributed by atoms with Crippen LogP contribution in [0.5, 0.6) is 0 Å². The molecular weight excluding hydrogens is 803 g/mol. The summed E-state index contributed by atoms with van der Waals surface area (Å²) in [7, 11) is 1.27. The highest BCUT2D eigenvalue weighted by atomic mass is 19.3. The van der Waals surface area contributed by atoms with E-state index in [9.17, 15) is 14.4 Å². The number of amides is 3. The Bertz CT molecular complexity index is 2440. The topological polar surface area (TPSA) is 129 Å². The zero-order valence-corrected chi connectivity index (χ0v) is 37.6. The number of benzene rings is 2. The molecule has 3 aromatic rings. The maximum atomic E-state index is 16.8. The molecule has 7 atom stereocenters. The van der Waals surface area contributed by atoms with Crippen molar-refractivity contribution in [2.45, 2.75) is 129 Å². The third-order valence-corrected chi connectivity index (χ3v) is 14.5. The molecule has 11 nitrogen and oxygen atoms in total. The molecule has 9 rings (SSSR count). The van der Waals surface area contributed by atoms with Crippen LogP contribution in [0.4, 0.5) is 18.4 Å². The third-order valence-electron chi connectivity index (χ3n) is 14.5. The van der Waals surface area contributed by atoms with Gasteiger partial charge in [-0.1, -0.05) is 63.8 Å². The van der Waals surface area contributed by atoms with E-state index in [4.69, 9.17) is 14.5 Å². The summed E-state index contributed by atoms with van der Waals surface area (Å²) >= 11 is 0. The fraction of sp³-hybridized carbons (Fsp3) is 0.520. The van der Waals surface area contributed by atoms with Crippen molar-refractivity contribution in [3.8, 4) is 22.4 Å². The number of fused-ring (bicyclic) bond motifs is 5. The van der Waals surface area contributed by atoms with E-state index in [0.717, 1.165) is 61.1 Å². The molecule has 2 aliphatic heterocycles. The lowest BCUT2D eigenvalue weighted by Gasteiger charge is -2.38. The zero-order chi connectivity index (χ0) is 44.9. The summed E-state index contributed by atoms with van der Waals surface area (Å²) in [6.07, 6.45) is 10.6. The number of piperidine rings is 1. The normalized spacial score (nSPS) is 26.5. The first-order valence-corrected chi connectivity index (χ1v) is 22.5. The predicted molar refractivity (Wildman–Crippen MR) is 236 cm³/mol. The number of alkyl halides is 2. The molecule has 13 heteroatoms. The second-order valence-corrected chi connectivity index (χ2v) is 20.4. The van der Waals surface area contributed by atoms with Gasteiger partial charge in [0.05, 0.1) is 31.1 Å². The van der Waals surface area contributed by atoms with Crippen LogP contribution in [-0.2, 0) is 20.2 Å². The number of nitrogens with one attached hydrogen (secondary N) is 3. The fourth-order valence-corrected chi connectivity index (χ4v) is 11.1. The average Bonchev–Trinajstić information content (AvgIpc) is 3.74. The number of aromatic nitrogens is 2. The number of likely N-dealkylation sites (tertiary alicyclic amines) is 2. The average molecular weight is 863 g/mol. The Morgan fingerprint density at radius 2 is 1.75 bits per heavy atom. The van der Waals surface area contributed by atoms with Crippen molar-refractivity contribution in [3.05, 3.63) is 101 Å². The van der Waals surface area contributed by atoms with Crippen LogP contribution in [0.2, 0.25) is 0 Å². The van der Waals surface area contributed by atoms with Crippen molar-refractivity contribution in [1.82, 2.24) is 30.4 Å². The summed E-state index contributed by atoms with van der Waals surface area (Å²) < 4.78 is 44.2. The SMILES string of the molecule is C=C(NC1=CC(c2ccc3c(c2)C(F)(F)c2cc(-c4cnc(C5CC6(CC6)CN5C(=O)C(NC(=O)OC)C(C)C)[nH]4)ccc2-3)C(C)C=C1C)C1C2CCC(C2)N1C(=O)OC(C)(C)C. The minimum absolute atomic E-state index is 0.0201. The number of aromatic amines is 1. The molecule has 334 valence electrons. The van der Waals surface area contributed by atoms with Gasteiger partial charge in [0.25, 0.3) is 5.92 Å². The highest BCUT2D eigenvalue weighted by Crippen LogP contribution is 2.59. The predicted octanol–water partition coefficient (Wildman–Crippen LogP) is 10.1. The van der Waals surface area contributed by atoms with Crippen molar-refractivity contribution in [2.24, 2.45) is 23.2 Å². The second-order valence-electron chi connectivity index (χ2n) is 20.4. The molecule has 6 aliphatic rings. The molecule has 3 N–H and O–H groups in total. The van der Waals surface area contributed by atoms with Gasteiger partial charge in [0.15, 0.2) is 0 Å². The third kappa shape index (κ3) is 7.62. The van der Waals surface area contributed by atoms with Gasteiger partial charge < -0.3 is 30.0 Å². The van der Waals surface area contributed by atoms with E-state index < -0.39 is 23.7 Å². The Labute approximate surface area is 368 Å². The number of hydrogen-bond acceptors (Lipinski definition) is 7. The van der Waals surface area contributed by atoms with E-state index >= 15 is 8.78 Å². The molecule has 1 spiro atoms. The number of carbonyl (C=O) groups excluding carboxylic acids is 3. The first-order chi connectivity index (χ1) is 29.8. The quantitative estimate of drug-likeness (QED) is 0.195. The van der Waals surface area contributed by atoms with Gasteiger partial charge in [0.1, 0.15) is 17.5 Å². The summed E-state index contributed by atoms with van der Waals surface area (Å²) in [5, 5.41) is 6.28. The Hall–Kier alpha value is -5.46. The maximum absolute atomic E-state index is 16.8. The van der Waals surface area contributed by atoms with E-state index in [-0.39, 0.29) is 64.4 Å². The van der Waals surface area contributed by atoms with Gasteiger partial charge in [-0.2, -0.15) is 8.78 Å². The lowest BCUT2D eigenvalue weighted by Crippen LogP contribution is -2.51. The van der Waals surface area contributed by atoms with Crippen molar-refractivity contribution >= 4 is 18.1 Å². The van der Waals surface area contributed by atoms with Crippen molar-refractivity contribution in [2.75, 3.05) is 13.7 Å². The van der Waals surface area contributed by atoms with Gasteiger partial charge in [-0.15, -0.1) is 0 Å². The highest BCUT2D eigenvalue weighted by Gasteiger charge is 2.55. The highest BCUT2D eigenvalue weighted by molar-refractivity contribution is 5.87. The number of alkyl carbamates (subject to hydrolysis) is 1. The smallest absolute Gasteiger partial charge is 0.411 e. The van der Waals surface area contributed by atoms with Gasteiger partial charge in [0, 0.05) is 46.6 Å². The van der Waals surface area contributed by atoms with Crippen LogP contribution in [0.15, 0.2) is 78.3 Å². The number of methoxy groups -OCH3 is 1. The lowest BCUT2D eigenvalue weighted by atomic mass is 9.80. The Kier molecular flexibility index (Phi) is 10.4. The van der Waals surface area contributed by atoms with Crippen molar-refractivity contribution in [1.29, 1.82) is 0 Å². The first-order valence-electron chi connectivity index (χ1n) is 22.5. The standard InChI is InChI=1S/C50H60F2N6O5/c1-26(2)42(56-46(60)62-9)45(59)57-25-49(16-17-49)23-41(57)44-53-24-40(55-44)31-12-15-35-34-14-11-30(20-37(34)50(51,52)38(35)21-31)36-22-39(28(4)18-27(36)3)54-29(5)43-32-10-13-33(19-32)58(43)47(61)63-48(6,7)8/h11-12,14-15,18,20-22,24,26-27,32-33,36,41-43,54H,5,10,13,16-17,19,23,25H2,1-4,6-9H3,(H,53,55)(H,56,60). The van der Waals surface area contributed by atoms with E-state index in [1.165, 1.54) is 7.11 Å². The lowest BCUT2D eigenvalue weighted by molar-refractivity contribution is -0.135. The van der Waals surface area contributed by atoms with Crippen LogP contribution in [0.25, 0.3) is 22.4 Å². The van der Waals surface area contributed by atoms with Crippen LogP contribution in [0.3, 0.4) is 0 Å². The molecule has 0 radical (unpaired) electrons. The van der Waals surface area contributed by atoms with Gasteiger partial charge in [-0.05, 0) is 124 Å². The summed E-state index contributed by atoms with van der Waals surface area (Å²) in [4.78, 5) is 51.3. The Morgan fingerprint density at radius 1 is 1.03 bits per heavy atom. The van der Waals surface area contributed by atoms with Gasteiger partial charge in [0.2, 0.25) is 5.91 Å². The van der Waals surface area contributed by atoms with E-state index in [2.05, 4.69) is 41.3 Å². The fourth-order valence-electron chi connectivity index (χ4n) is 11.1. The number of halogens is 2. The molecule has 2 aromatic carbocycles. The number of nitrogens with zero attached hydrogens (tertiary/aromatic N) is 3. The molecule has 1 aromatic heterocycles. The van der Waals surface area contributed by atoms with Crippen molar-refractivity contribution in [3.63, 3.8) is 0 Å². The molecule has 2 saturated carbocycles. The van der Waals surface area contributed by atoms with Crippen LogP contribution in [0.1, 0.15) is 121 Å². The van der Waals surface area contributed by atoms with E-state index in [1.54, 1.807) is 24.4 Å². The molecule has 3 amide bonds. The molecule has 2 saturated heterocycles. The number of H-pyrrole nitrogens is 1. The van der Waals surface area contributed by atoms with Crippen molar-refractivity contribution < 1.29 is 32.6 Å². The molecule has 2 bridgehead atoms. The number of ether oxygens (including phenoxy) is 2. The van der Waals surface area contributed by atoms with E-state index in [1.807, 2.05) is 69.5 Å².